The fourth-order valence-electron chi connectivity index (χ4n) is 1.17. The third-order valence-corrected chi connectivity index (χ3v) is 1.99. The number of para-hydroxylation sites is 1. The van der Waals surface area contributed by atoms with E-state index in [4.69, 9.17) is 5.11 Å². The first-order chi connectivity index (χ1) is 7.06. The van der Waals surface area contributed by atoms with E-state index in [9.17, 15) is 15.0 Å². The summed E-state index contributed by atoms with van der Waals surface area (Å²) in [5.41, 5.74) is 0.0976. The zero-order valence-electron chi connectivity index (χ0n) is 8.17. The summed E-state index contributed by atoms with van der Waals surface area (Å²) in [7, 11) is 1.21. The number of aliphatic hydroxyl groups excluding tert-OH is 1. The summed E-state index contributed by atoms with van der Waals surface area (Å²) >= 11 is 0. The van der Waals surface area contributed by atoms with Crippen molar-refractivity contribution < 1.29 is 24.9 Å². The molecule has 0 saturated heterocycles. The lowest BCUT2D eigenvalue weighted by Crippen LogP contribution is -2.08. The van der Waals surface area contributed by atoms with Gasteiger partial charge in [-0.25, -0.2) is 0 Å². The Morgan fingerprint density at radius 3 is 2.73 bits per heavy atom. The summed E-state index contributed by atoms with van der Waals surface area (Å²) < 4.78 is 4.37. The molecule has 1 aromatic rings. The third kappa shape index (κ3) is 2.60. The van der Waals surface area contributed by atoms with Crippen LogP contribution in [0.1, 0.15) is 18.1 Å². The Balaban J connectivity index is 2.86. The summed E-state index contributed by atoms with van der Waals surface area (Å²) in [5, 5.41) is 28.1. The third-order valence-electron chi connectivity index (χ3n) is 1.99. The van der Waals surface area contributed by atoms with Crippen LogP contribution in [-0.2, 0) is 9.53 Å². The van der Waals surface area contributed by atoms with Crippen LogP contribution >= 0.6 is 0 Å². The van der Waals surface area contributed by atoms with E-state index in [2.05, 4.69) is 4.74 Å². The van der Waals surface area contributed by atoms with Crippen molar-refractivity contribution in [2.45, 2.75) is 12.5 Å². The van der Waals surface area contributed by atoms with E-state index in [0.717, 1.165) is 0 Å². The number of aromatic hydroxyl groups is 2. The Hall–Kier alpha value is -1.75. The first-order valence-corrected chi connectivity index (χ1v) is 4.32. The first kappa shape index (κ1) is 11.3. The molecule has 0 aliphatic heterocycles. The number of aliphatic hydroxyl groups is 1. The Bertz CT molecular complexity index is 361. The number of ether oxygens (including phenoxy) is 1. The van der Waals surface area contributed by atoms with Crippen molar-refractivity contribution in [2.75, 3.05) is 7.11 Å². The highest BCUT2D eigenvalue weighted by molar-refractivity contribution is 5.70. The second-order valence-corrected chi connectivity index (χ2v) is 3.01. The normalized spacial score (nSPS) is 12.1. The molecule has 0 aliphatic carbocycles. The summed E-state index contributed by atoms with van der Waals surface area (Å²) in [4.78, 5) is 10.9. The van der Waals surface area contributed by atoms with Crippen LogP contribution in [0.15, 0.2) is 18.2 Å². The van der Waals surface area contributed by atoms with Gasteiger partial charge in [0, 0.05) is 5.56 Å². The van der Waals surface area contributed by atoms with Crippen LogP contribution in [0.25, 0.3) is 0 Å². The molecule has 5 heteroatoms. The van der Waals surface area contributed by atoms with Crippen LogP contribution in [0, 0.1) is 0 Å². The topological polar surface area (TPSA) is 87.0 Å². The molecule has 1 aromatic carbocycles. The number of phenolic OH excluding ortho intramolecular Hbond substituents is 2. The Labute approximate surface area is 86.5 Å². The van der Waals surface area contributed by atoms with Crippen molar-refractivity contribution in [1.82, 2.24) is 0 Å². The van der Waals surface area contributed by atoms with E-state index in [1.165, 1.54) is 25.3 Å². The number of rotatable bonds is 3. The molecule has 5 nitrogen and oxygen atoms in total. The standard InChI is InChI=1S/C10H12O5/c1-15-9(13)5-8(12)6-3-2-4-7(11)10(6)14/h2-4,8,11-12,14H,5H2,1H3/t8-/m0/s1. The number of benzene rings is 1. The van der Waals surface area contributed by atoms with Crippen molar-refractivity contribution in [2.24, 2.45) is 0 Å². The summed E-state index contributed by atoms with van der Waals surface area (Å²) in [6.45, 7) is 0. The molecular formula is C10H12O5. The number of hydrogen-bond acceptors (Lipinski definition) is 5. The molecule has 0 aliphatic rings. The highest BCUT2D eigenvalue weighted by atomic mass is 16.5. The minimum atomic E-state index is -1.19. The van der Waals surface area contributed by atoms with Crippen molar-refractivity contribution in [3.8, 4) is 11.5 Å². The summed E-state index contributed by atoms with van der Waals surface area (Å²) in [6.07, 6.45) is -1.46. The predicted molar refractivity (Wildman–Crippen MR) is 51.4 cm³/mol. The molecule has 1 rings (SSSR count). The molecule has 82 valence electrons. The second kappa shape index (κ2) is 4.65. The number of methoxy groups -OCH3 is 1. The Morgan fingerprint density at radius 2 is 2.13 bits per heavy atom. The number of esters is 1. The number of carbonyl (C=O) groups excluding carboxylic acids is 1. The minimum absolute atomic E-state index is 0.0976. The molecule has 0 amide bonds. The zero-order valence-corrected chi connectivity index (χ0v) is 8.17. The smallest absolute Gasteiger partial charge is 0.308 e. The molecule has 0 spiro atoms. The predicted octanol–water partition coefficient (Wildman–Crippen LogP) is 0.694. The molecule has 3 N–H and O–H groups in total. The Kier molecular flexibility index (Phi) is 3.51. The van der Waals surface area contributed by atoms with Gasteiger partial charge < -0.3 is 20.1 Å². The maximum Gasteiger partial charge on any atom is 0.308 e. The van der Waals surface area contributed by atoms with Crippen molar-refractivity contribution in [3.63, 3.8) is 0 Å². The van der Waals surface area contributed by atoms with E-state index >= 15 is 0 Å². The summed E-state index contributed by atoms with van der Waals surface area (Å²) in [6, 6.07) is 4.16. The summed E-state index contributed by atoms with van der Waals surface area (Å²) in [5.74, 6) is -1.35. The lowest BCUT2D eigenvalue weighted by Gasteiger charge is -2.11. The first-order valence-electron chi connectivity index (χ1n) is 4.32. The van der Waals surface area contributed by atoms with E-state index in [1.807, 2.05) is 0 Å². The maximum absolute atomic E-state index is 10.9. The number of carbonyl (C=O) groups is 1. The largest absolute Gasteiger partial charge is 0.504 e. The van der Waals surface area contributed by atoms with Crippen LogP contribution in [0.5, 0.6) is 11.5 Å². The lowest BCUT2D eigenvalue weighted by molar-refractivity contribution is -0.142. The van der Waals surface area contributed by atoms with Gasteiger partial charge in [0.25, 0.3) is 0 Å². The SMILES string of the molecule is COC(=O)C[C@H](O)c1cccc(O)c1O. The molecular weight excluding hydrogens is 200 g/mol. The average Bonchev–Trinajstić information content (AvgIpc) is 2.21. The van der Waals surface area contributed by atoms with Gasteiger partial charge in [-0.15, -0.1) is 0 Å². The molecule has 0 heterocycles. The van der Waals surface area contributed by atoms with E-state index < -0.39 is 17.8 Å². The molecule has 0 unspecified atom stereocenters. The van der Waals surface area contributed by atoms with Crippen molar-refractivity contribution in [3.05, 3.63) is 23.8 Å². The van der Waals surface area contributed by atoms with E-state index in [0.29, 0.717) is 0 Å². The van der Waals surface area contributed by atoms with Gasteiger partial charge >= 0.3 is 5.97 Å². The van der Waals surface area contributed by atoms with Gasteiger partial charge in [0.15, 0.2) is 11.5 Å². The van der Waals surface area contributed by atoms with Crippen LogP contribution < -0.4 is 0 Å². The van der Waals surface area contributed by atoms with Crippen LogP contribution in [0.2, 0.25) is 0 Å². The van der Waals surface area contributed by atoms with Crippen molar-refractivity contribution in [1.29, 1.82) is 0 Å². The molecule has 0 fully saturated rings. The molecule has 1 atom stereocenters. The van der Waals surface area contributed by atoms with Crippen LogP contribution in [0.3, 0.4) is 0 Å². The highest BCUT2D eigenvalue weighted by Crippen LogP contribution is 2.33. The van der Waals surface area contributed by atoms with E-state index in [-0.39, 0.29) is 17.7 Å². The second-order valence-electron chi connectivity index (χ2n) is 3.01. The minimum Gasteiger partial charge on any atom is -0.504 e. The maximum atomic E-state index is 10.9. The van der Waals surface area contributed by atoms with Gasteiger partial charge in [0.05, 0.1) is 19.6 Å². The van der Waals surface area contributed by atoms with Crippen LogP contribution in [-0.4, -0.2) is 28.4 Å². The monoisotopic (exact) mass is 212 g/mol. The fourth-order valence-corrected chi connectivity index (χ4v) is 1.17. The fraction of sp³-hybridized carbons (Fsp3) is 0.300. The number of phenols is 2. The van der Waals surface area contributed by atoms with Crippen LogP contribution in [0.4, 0.5) is 0 Å². The molecule has 0 radical (unpaired) electrons. The Morgan fingerprint density at radius 1 is 1.47 bits per heavy atom. The highest BCUT2D eigenvalue weighted by Gasteiger charge is 2.18. The van der Waals surface area contributed by atoms with E-state index in [1.54, 1.807) is 0 Å². The zero-order chi connectivity index (χ0) is 11.4. The van der Waals surface area contributed by atoms with Gasteiger partial charge in [-0.2, -0.15) is 0 Å². The lowest BCUT2D eigenvalue weighted by atomic mass is 10.1. The molecule has 15 heavy (non-hydrogen) atoms. The van der Waals surface area contributed by atoms with Gasteiger partial charge in [-0.3, -0.25) is 4.79 Å². The van der Waals surface area contributed by atoms with Gasteiger partial charge in [-0.05, 0) is 6.07 Å². The molecule has 0 bridgehead atoms. The van der Waals surface area contributed by atoms with Crippen molar-refractivity contribution >= 4 is 5.97 Å². The van der Waals surface area contributed by atoms with Gasteiger partial charge in [-0.1, -0.05) is 12.1 Å². The molecule has 0 aromatic heterocycles. The molecule has 0 saturated carbocycles. The van der Waals surface area contributed by atoms with Gasteiger partial charge in [0.1, 0.15) is 0 Å². The number of hydrogen-bond donors (Lipinski definition) is 3. The average molecular weight is 212 g/mol. The quantitative estimate of drug-likeness (QED) is 0.507. The van der Waals surface area contributed by atoms with Gasteiger partial charge in [0.2, 0.25) is 0 Å².